The summed E-state index contributed by atoms with van der Waals surface area (Å²) < 4.78 is 40.4. The zero-order valence-electron chi connectivity index (χ0n) is 13.8. The van der Waals surface area contributed by atoms with Gasteiger partial charge in [-0.3, -0.25) is 9.20 Å². The van der Waals surface area contributed by atoms with E-state index in [-0.39, 0.29) is 39.1 Å². The van der Waals surface area contributed by atoms with Crippen LogP contribution in [0.3, 0.4) is 0 Å². The lowest BCUT2D eigenvalue weighted by Crippen LogP contribution is -2.07. The Bertz CT molecular complexity index is 1210. The summed E-state index contributed by atoms with van der Waals surface area (Å²) in [5, 5.41) is 17.3. The second-order valence-electron chi connectivity index (χ2n) is 5.94. The van der Waals surface area contributed by atoms with E-state index >= 15 is 0 Å². The van der Waals surface area contributed by atoms with Gasteiger partial charge in [0, 0.05) is 18.0 Å². The standard InChI is InChI=1S/C18H10ClF3N4O2/c19-12-6-10(18(20,21)22)8-26-16(12)24-25-17(26)13-5-9(7-23-13)15(28)11-3-1-2-4-14(11)27/h1-8,23,27H. The van der Waals surface area contributed by atoms with Crippen LogP contribution < -0.4 is 0 Å². The summed E-state index contributed by atoms with van der Waals surface area (Å²) in [7, 11) is 0. The number of carbonyl (C=O) groups is 1. The molecule has 10 heteroatoms. The Labute approximate surface area is 160 Å². The number of pyridine rings is 1. The van der Waals surface area contributed by atoms with E-state index in [1.54, 1.807) is 12.1 Å². The van der Waals surface area contributed by atoms with Gasteiger partial charge in [0.15, 0.2) is 17.3 Å². The number of hydrogen-bond donors (Lipinski definition) is 2. The molecule has 0 aliphatic carbocycles. The Morgan fingerprint density at radius 3 is 2.64 bits per heavy atom. The maximum absolute atomic E-state index is 13.1. The molecule has 4 aromatic rings. The van der Waals surface area contributed by atoms with Crippen molar-refractivity contribution in [1.29, 1.82) is 0 Å². The number of benzene rings is 1. The Morgan fingerprint density at radius 2 is 1.93 bits per heavy atom. The van der Waals surface area contributed by atoms with E-state index in [2.05, 4.69) is 15.2 Å². The molecule has 0 amide bonds. The number of aromatic amines is 1. The quantitative estimate of drug-likeness (QED) is 0.496. The van der Waals surface area contributed by atoms with Gasteiger partial charge in [0.1, 0.15) is 5.75 Å². The normalized spacial score (nSPS) is 11.9. The fraction of sp³-hybridized carbons (Fsp3) is 0.0556. The first-order valence-corrected chi connectivity index (χ1v) is 8.26. The summed E-state index contributed by atoms with van der Waals surface area (Å²) in [4.78, 5) is 15.4. The minimum atomic E-state index is -4.60. The molecule has 1 aromatic carbocycles. The van der Waals surface area contributed by atoms with Gasteiger partial charge in [-0.15, -0.1) is 10.2 Å². The molecule has 0 spiro atoms. The number of ketones is 1. The zero-order valence-corrected chi connectivity index (χ0v) is 14.6. The maximum Gasteiger partial charge on any atom is 0.417 e. The average molecular weight is 407 g/mol. The molecule has 0 atom stereocenters. The summed E-state index contributed by atoms with van der Waals surface area (Å²) in [6, 6.07) is 8.22. The second-order valence-corrected chi connectivity index (χ2v) is 6.35. The number of phenols is 1. The molecule has 28 heavy (non-hydrogen) atoms. The van der Waals surface area contributed by atoms with Crippen LogP contribution in [0.4, 0.5) is 13.2 Å². The predicted octanol–water partition coefficient (Wildman–Crippen LogP) is 4.33. The van der Waals surface area contributed by atoms with Crippen molar-refractivity contribution in [2.24, 2.45) is 0 Å². The number of nitrogens with zero attached hydrogens (tertiary/aromatic N) is 3. The minimum Gasteiger partial charge on any atom is -0.507 e. The molecule has 4 rings (SSSR count). The highest BCUT2D eigenvalue weighted by Gasteiger charge is 2.32. The fourth-order valence-corrected chi connectivity index (χ4v) is 3.01. The third-order valence-electron chi connectivity index (χ3n) is 4.12. The summed E-state index contributed by atoms with van der Waals surface area (Å²) in [6.07, 6.45) is -2.39. The first-order chi connectivity index (χ1) is 13.3. The van der Waals surface area contributed by atoms with Crippen molar-refractivity contribution in [3.05, 3.63) is 70.5 Å². The molecular weight excluding hydrogens is 397 g/mol. The number of nitrogens with one attached hydrogen (secondary N) is 1. The number of alkyl halides is 3. The maximum atomic E-state index is 13.1. The van der Waals surface area contributed by atoms with Crippen molar-refractivity contribution in [1.82, 2.24) is 19.6 Å². The minimum absolute atomic E-state index is 0.0489. The first-order valence-electron chi connectivity index (χ1n) is 7.88. The average Bonchev–Trinajstić information content (AvgIpc) is 3.27. The van der Waals surface area contributed by atoms with Crippen LogP contribution in [0.1, 0.15) is 21.5 Å². The van der Waals surface area contributed by atoms with E-state index < -0.39 is 17.5 Å². The molecule has 0 bridgehead atoms. The van der Waals surface area contributed by atoms with Gasteiger partial charge in [-0.1, -0.05) is 23.7 Å². The number of carbonyl (C=O) groups excluding carboxylic acids is 1. The van der Waals surface area contributed by atoms with Gasteiger partial charge in [-0.25, -0.2) is 0 Å². The number of fused-ring (bicyclic) bond motifs is 1. The zero-order chi connectivity index (χ0) is 20.1. The van der Waals surface area contributed by atoms with Crippen molar-refractivity contribution in [2.45, 2.75) is 6.18 Å². The number of aromatic nitrogens is 4. The van der Waals surface area contributed by atoms with Gasteiger partial charge in [-0.2, -0.15) is 13.2 Å². The van der Waals surface area contributed by atoms with Crippen LogP contribution in [0.25, 0.3) is 17.2 Å². The number of para-hydroxylation sites is 1. The molecule has 0 aliphatic heterocycles. The Morgan fingerprint density at radius 1 is 1.18 bits per heavy atom. The van der Waals surface area contributed by atoms with Crippen LogP contribution in [0.15, 0.2) is 48.8 Å². The van der Waals surface area contributed by atoms with Crippen LogP contribution in [0.5, 0.6) is 5.75 Å². The van der Waals surface area contributed by atoms with Crippen molar-refractivity contribution in [3.8, 4) is 17.3 Å². The highest BCUT2D eigenvalue weighted by molar-refractivity contribution is 6.33. The lowest BCUT2D eigenvalue weighted by molar-refractivity contribution is -0.137. The fourth-order valence-electron chi connectivity index (χ4n) is 2.77. The molecule has 142 valence electrons. The largest absolute Gasteiger partial charge is 0.507 e. The molecule has 0 saturated carbocycles. The molecule has 2 N–H and O–H groups in total. The molecule has 6 nitrogen and oxygen atoms in total. The van der Waals surface area contributed by atoms with Crippen LogP contribution >= 0.6 is 11.6 Å². The van der Waals surface area contributed by atoms with Gasteiger partial charge in [0.2, 0.25) is 0 Å². The molecule has 0 saturated heterocycles. The van der Waals surface area contributed by atoms with Gasteiger partial charge in [-0.05, 0) is 24.3 Å². The second kappa shape index (κ2) is 6.38. The summed E-state index contributed by atoms with van der Waals surface area (Å²) >= 11 is 5.91. The van der Waals surface area contributed by atoms with Crippen molar-refractivity contribution < 1.29 is 23.1 Å². The van der Waals surface area contributed by atoms with E-state index in [1.807, 2.05) is 0 Å². The SMILES string of the molecule is O=C(c1c[nH]c(-c2nnc3c(Cl)cc(C(F)(F)F)cn23)c1)c1ccccc1O. The molecule has 0 radical (unpaired) electrons. The Kier molecular flexibility index (Phi) is 4.11. The summed E-state index contributed by atoms with van der Waals surface area (Å²) in [5.74, 6) is -0.576. The van der Waals surface area contributed by atoms with Crippen molar-refractivity contribution >= 4 is 23.0 Å². The monoisotopic (exact) mass is 406 g/mol. The van der Waals surface area contributed by atoms with Gasteiger partial charge >= 0.3 is 6.18 Å². The molecule has 0 unspecified atom stereocenters. The summed E-state index contributed by atoms with van der Waals surface area (Å²) in [5.41, 5.74) is -0.342. The molecule has 0 fully saturated rings. The Hall–Kier alpha value is -3.33. The highest BCUT2D eigenvalue weighted by atomic mass is 35.5. The topological polar surface area (TPSA) is 83.3 Å². The van der Waals surface area contributed by atoms with E-state index in [1.165, 1.54) is 24.4 Å². The van der Waals surface area contributed by atoms with Crippen molar-refractivity contribution in [3.63, 3.8) is 0 Å². The molecular formula is C18H10ClF3N4O2. The summed E-state index contributed by atoms with van der Waals surface area (Å²) in [6.45, 7) is 0. The number of aromatic hydroxyl groups is 1. The number of halogens is 4. The highest BCUT2D eigenvalue weighted by Crippen LogP contribution is 2.33. The predicted molar refractivity (Wildman–Crippen MR) is 94.3 cm³/mol. The third kappa shape index (κ3) is 2.99. The van der Waals surface area contributed by atoms with E-state index in [4.69, 9.17) is 11.6 Å². The number of hydrogen-bond acceptors (Lipinski definition) is 4. The molecule has 3 heterocycles. The molecule has 0 aliphatic rings. The lowest BCUT2D eigenvalue weighted by atomic mass is 10.0. The van der Waals surface area contributed by atoms with Gasteiger partial charge in [0.25, 0.3) is 0 Å². The number of rotatable bonds is 3. The third-order valence-corrected chi connectivity index (χ3v) is 4.40. The first kappa shape index (κ1) is 18.1. The Balaban J connectivity index is 1.79. The van der Waals surface area contributed by atoms with Crippen LogP contribution in [0, 0.1) is 0 Å². The van der Waals surface area contributed by atoms with E-state index in [0.717, 1.165) is 16.7 Å². The van der Waals surface area contributed by atoms with Crippen molar-refractivity contribution in [2.75, 3.05) is 0 Å². The molecule has 3 aromatic heterocycles. The smallest absolute Gasteiger partial charge is 0.417 e. The van der Waals surface area contributed by atoms with E-state index in [0.29, 0.717) is 0 Å². The number of phenolic OH excluding ortho intramolecular Hbond substituents is 1. The lowest BCUT2D eigenvalue weighted by Gasteiger charge is -2.08. The van der Waals surface area contributed by atoms with Crippen LogP contribution in [-0.2, 0) is 6.18 Å². The number of H-pyrrole nitrogens is 1. The van der Waals surface area contributed by atoms with E-state index in [9.17, 15) is 23.1 Å². The van der Waals surface area contributed by atoms with Gasteiger partial charge in [0.05, 0.1) is 21.8 Å². The van der Waals surface area contributed by atoms with Gasteiger partial charge < -0.3 is 10.1 Å². The van der Waals surface area contributed by atoms with Crippen LogP contribution in [-0.4, -0.2) is 30.5 Å². The van der Waals surface area contributed by atoms with Crippen LogP contribution in [0.2, 0.25) is 5.02 Å².